The minimum absolute atomic E-state index is 0.114. The normalized spacial score (nSPS) is 20.6. The molecule has 0 aromatic heterocycles. The Bertz CT molecular complexity index is 638. The second-order valence-corrected chi connectivity index (χ2v) is 6.56. The Morgan fingerprint density at radius 1 is 1.24 bits per heavy atom. The van der Waals surface area contributed by atoms with Crippen molar-refractivity contribution in [2.45, 2.75) is 25.9 Å². The lowest BCUT2D eigenvalue weighted by atomic mass is 10.1. The summed E-state index contributed by atoms with van der Waals surface area (Å²) in [5.74, 6) is -0.573. The Labute approximate surface area is 146 Å². The summed E-state index contributed by atoms with van der Waals surface area (Å²) in [4.78, 5) is 28.0. The molecular weight excluding hydrogens is 325 g/mol. The molecule has 0 aliphatic carbocycles. The fourth-order valence-electron chi connectivity index (χ4n) is 3.14. The van der Waals surface area contributed by atoms with Gasteiger partial charge in [-0.1, -0.05) is 6.07 Å². The van der Waals surface area contributed by atoms with Crippen LogP contribution in [0.4, 0.5) is 9.18 Å². The molecule has 136 valence electrons. The number of halogens is 1. The van der Waals surface area contributed by atoms with Crippen LogP contribution < -0.4 is 5.32 Å². The molecule has 6 nitrogen and oxygen atoms in total. The third-order valence-electron chi connectivity index (χ3n) is 4.78. The van der Waals surface area contributed by atoms with Gasteiger partial charge in [-0.2, -0.15) is 0 Å². The molecule has 3 amide bonds. The maximum absolute atomic E-state index is 13.6. The van der Waals surface area contributed by atoms with E-state index in [1.807, 2.05) is 0 Å². The average molecular weight is 349 g/mol. The summed E-state index contributed by atoms with van der Waals surface area (Å²) in [6.07, 6.45) is 2.14. The Kier molecular flexibility index (Phi) is 5.53. The molecule has 1 unspecified atom stereocenters. The van der Waals surface area contributed by atoms with Gasteiger partial charge in [-0.05, 0) is 37.5 Å². The maximum Gasteiger partial charge on any atom is 0.317 e. The predicted octanol–water partition coefficient (Wildman–Crippen LogP) is 1.78. The first-order valence-corrected chi connectivity index (χ1v) is 8.74. The molecule has 1 aromatic rings. The van der Waals surface area contributed by atoms with Crippen LogP contribution in [0.15, 0.2) is 18.2 Å². The van der Waals surface area contributed by atoms with Gasteiger partial charge in [-0.25, -0.2) is 9.18 Å². The van der Waals surface area contributed by atoms with E-state index < -0.39 is 0 Å². The summed E-state index contributed by atoms with van der Waals surface area (Å²) in [6.45, 7) is 4.79. The molecular formula is C18H24FN3O3. The number of ether oxygens (including phenoxy) is 1. The Morgan fingerprint density at radius 3 is 2.60 bits per heavy atom. The largest absolute Gasteiger partial charge is 0.376 e. The van der Waals surface area contributed by atoms with E-state index in [0.29, 0.717) is 43.9 Å². The van der Waals surface area contributed by atoms with Crippen LogP contribution >= 0.6 is 0 Å². The molecule has 2 heterocycles. The number of rotatable bonds is 3. The molecule has 0 bridgehead atoms. The molecule has 25 heavy (non-hydrogen) atoms. The third kappa shape index (κ3) is 4.28. The summed E-state index contributed by atoms with van der Waals surface area (Å²) in [5, 5.41) is 2.89. The van der Waals surface area contributed by atoms with E-state index in [0.717, 1.165) is 19.4 Å². The Balaban J connectivity index is 1.48. The second kappa shape index (κ2) is 7.82. The fourth-order valence-corrected chi connectivity index (χ4v) is 3.14. The zero-order chi connectivity index (χ0) is 17.8. The minimum Gasteiger partial charge on any atom is -0.376 e. The van der Waals surface area contributed by atoms with Crippen molar-refractivity contribution in [1.29, 1.82) is 0 Å². The van der Waals surface area contributed by atoms with Crippen molar-refractivity contribution in [2.75, 3.05) is 39.3 Å². The molecule has 2 saturated heterocycles. The molecule has 0 radical (unpaired) electrons. The van der Waals surface area contributed by atoms with Gasteiger partial charge < -0.3 is 19.9 Å². The zero-order valence-electron chi connectivity index (χ0n) is 14.5. The van der Waals surface area contributed by atoms with Crippen molar-refractivity contribution in [3.63, 3.8) is 0 Å². The number of hydrogen-bond acceptors (Lipinski definition) is 3. The monoisotopic (exact) mass is 349 g/mol. The van der Waals surface area contributed by atoms with Crippen molar-refractivity contribution >= 4 is 11.9 Å². The number of aryl methyl sites for hydroxylation is 1. The lowest BCUT2D eigenvalue weighted by Crippen LogP contribution is -2.53. The number of piperazine rings is 1. The number of nitrogens with one attached hydrogen (secondary N) is 1. The fraction of sp³-hybridized carbons (Fsp3) is 0.556. The van der Waals surface area contributed by atoms with Crippen LogP contribution in [-0.2, 0) is 4.74 Å². The minimum atomic E-state index is -0.377. The topological polar surface area (TPSA) is 61.9 Å². The van der Waals surface area contributed by atoms with Crippen LogP contribution in [0.2, 0.25) is 0 Å². The van der Waals surface area contributed by atoms with Gasteiger partial charge in [-0.15, -0.1) is 0 Å². The molecule has 2 aliphatic heterocycles. The van der Waals surface area contributed by atoms with Crippen LogP contribution in [0.1, 0.15) is 28.8 Å². The van der Waals surface area contributed by atoms with Crippen LogP contribution in [0.3, 0.4) is 0 Å². The Hall–Kier alpha value is -2.15. The smallest absolute Gasteiger partial charge is 0.317 e. The van der Waals surface area contributed by atoms with Gasteiger partial charge in [0, 0.05) is 44.9 Å². The first-order chi connectivity index (χ1) is 12.0. The highest BCUT2D eigenvalue weighted by molar-refractivity contribution is 5.94. The molecule has 1 aromatic carbocycles. The van der Waals surface area contributed by atoms with Gasteiger partial charge in [-0.3, -0.25) is 4.79 Å². The molecule has 1 N–H and O–H groups in total. The number of urea groups is 1. The molecule has 0 saturated carbocycles. The predicted molar refractivity (Wildman–Crippen MR) is 91.0 cm³/mol. The number of benzene rings is 1. The van der Waals surface area contributed by atoms with Gasteiger partial charge in [0.15, 0.2) is 0 Å². The number of carbonyl (C=O) groups excluding carboxylic acids is 2. The zero-order valence-corrected chi connectivity index (χ0v) is 14.5. The Morgan fingerprint density at radius 2 is 1.96 bits per heavy atom. The highest BCUT2D eigenvalue weighted by Gasteiger charge is 2.26. The molecule has 3 rings (SSSR count). The third-order valence-corrected chi connectivity index (χ3v) is 4.78. The van der Waals surface area contributed by atoms with Crippen molar-refractivity contribution in [3.8, 4) is 0 Å². The molecule has 7 heteroatoms. The molecule has 2 aliphatic rings. The van der Waals surface area contributed by atoms with Crippen molar-refractivity contribution in [3.05, 3.63) is 35.1 Å². The number of amides is 3. The van der Waals surface area contributed by atoms with E-state index in [2.05, 4.69) is 5.32 Å². The van der Waals surface area contributed by atoms with E-state index in [4.69, 9.17) is 4.74 Å². The quantitative estimate of drug-likeness (QED) is 0.905. The first kappa shape index (κ1) is 17.7. The van der Waals surface area contributed by atoms with Gasteiger partial charge >= 0.3 is 6.03 Å². The van der Waals surface area contributed by atoms with Crippen molar-refractivity contribution in [1.82, 2.24) is 15.1 Å². The maximum atomic E-state index is 13.6. The lowest BCUT2D eigenvalue weighted by molar-refractivity contribution is 0.0659. The van der Waals surface area contributed by atoms with Crippen LogP contribution in [-0.4, -0.2) is 67.2 Å². The van der Waals surface area contributed by atoms with Crippen LogP contribution in [0.5, 0.6) is 0 Å². The van der Waals surface area contributed by atoms with Crippen molar-refractivity contribution in [2.24, 2.45) is 0 Å². The SMILES string of the molecule is Cc1ccc(C(=O)N2CCN(C(=O)NCC3CCCO3)CC2)cc1F. The van der Waals surface area contributed by atoms with Gasteiger partial charge in [0.1, 0.15) is 5.82 Å². The number of nitrogens with zero attached hydrogens (tertiary/aromatic N) is 2. The first-order valence-electron chi connectivity index (χ1n) is 8.74. The van der Waals surface area contributed by atoms with Gasteiger partial charge in [0.05, 0.1) is 6.10 Å². The lowest BCUT2D eigenvalue weighted by Gasteiger charge is -2.35. The van der Waals surface area contributed by atoms with E-state index in [-0.39, 0.29) is 23.9 Å². The van der Waals surface area contributed by atoms with Crippen LogP contribution in [0, 0.1) is 12.7 Å². The van der Waals surface area contributed by atoms with E-state index in [1.54, 1.807) is 28.9 Å². The van der Waals surface area contributed by atoms with Gasteiger partial charge in [0.25, 0.3) is 5.91 Å². The second-order valence-electron chi connectivity index (χ2n) is 6.56. The molecule has 0 spiro atoms. The van der Waals surface area contributed by atoms with E-state index in [1.165, 1.54) is 6.07 Å². The summed E-state index contributed by atoms with van der Waals surface area (Å²) in [6, 6.07) is 4.40. The summed E-state index contributed by atoms with van der Waals surface area (Å²) < 4.78 is 19.1. The molecule has 1 atom stereocenters. The number of hydrogen-bond donors (Lipinski definition) is 1. The summed E-state index contributed by atoms with van der Waals surface area (Å²) in [5.41, 5.74) is 0.865. The highest BCUT2D eigenvalue weighted by Crippen LogP contribution is 2.14. The van der Waals surface area contributed by atoms with Crippen LogP contribution in [0.25, 0.3) is 0 Å². The highest BCUT2D eigenvalue weighted by atomic mass is 19.1. The van der Waals surface area contributed by atoms with E-state index >= 15 is 0 Å². The summed E-state index contributed by atoms with van der Waals surface area (Å²) >= 11 is 0. The standard InChI is InChI=1S/C18H24FN3O3/c1-13-4-5-14(11-16(13)19)17(23)21-6-8-22(9-7-21)18(24)20-12-15-3-2-10-25-15/h4-5,11,15H,2-3,6-10,12H2,1H3,(H,20,24). The van der Waals surface area contributed by atoms with Crippen molar-refractivity contribution < 1.29 is 18.7 Å². The average Bonchev–Trinajstić information content (AvgIpc) is 3.15. The van der Waals surface area contributed by atoms with E-state index in [9.17, 15) is 14.0 Å². The molecule has 2 fully saturated rings. The number of carbonyl (C=O) groups is 2. The summed E-state index contributed by atoms with van der Waals surface area (Å²) in [7, 11) is 0. The van der Waals surface area contributed by atoms with Gasteiger partial charge in [0.2, 0.25) is 0 Å².